The van der Waals surface area contributed by atoms with Crippen LogP contribution in [0.15, 0.2) is 48.6 Å². The second-order valence-electron chi connectivity index (χ2n) is 5.78. The van der Waals surface area contributed by atoms with Crippen LogP contribution in [0.1, 0.15) is 58.3 Å². The van der Waals surface area contributed by atoms with Crippen LogP contribution in [0.5, 0.6) is 0 Å². The van der Waals surface area contributed by atoms with Crippen LogP contribution in [0.2, 0.25) is 0 Å². The van der Waals surface area contributed by atoms with Crippen molar-refractivity contribution in [1.29, 1.82) is 0 Å². The molecule has 2 atom stereocenters. The summed E-state index contributed by atoms with van der Waals surface area (Å²) >= 11 is 0. The van der Waals surface area contributed by atoms with Crippen molar-refractivity contribution in [1.82, 2.24) is 0 Å². The fraction of sp³-hybridized carbons (Fsp3) is 0.550. The number of aliphatic hydroxyl groups excluding tert-OH is 2. The predicted molar refractivity (Wildman–Crippen MR) is 98.8 cm³/mol. The van der Waals surface area contributed by atoms with Crippen molar-refractivity contribution in [3.05, 3.63) is 48.6 Å². The van der Waals surface area contributed by atoms with Crippen LogP contribution in [0.3, 0.4) is 0 Å². The number of carbonyl (C=O) groups is 1. The zero-order chi connectivity index (χ0) is 18.0. The number of rotatable bonds is 14. The van der Waals surface area contributed by atoms with Gasteiger partial charge in [-0.25, -0.2) is 0 Å². The molecule has 0 rings (SSSR count). The van der Waals surface area contributed by atoms with Gasteiger partial charge in [0.25, 0.3) is 0 Å². The summed E-state index contributed by atoms with van der Waals surface area (Å²) in [5.41, 5.74) is 0. The van der Waals surface area contributed by atoms with E-state index < -0.39 is 18.2 Å². The standard InChI is InChI=1S/C20H32O4/c1-2-3-4-5-6-9-13-18(21)14-10-7-8-11-15-19(22)16-12-17-20(23)24/h6-11,14-15,18-19,21-22H,2-5,12-13,16-17H2,1H3,(H,23,24)/b8-7+,9-6+,14-10?,15-11+/t18-,19-/m1/s1. The summed E-state index contributed by atoms with van der Waals surface area (Å²) in [6.45, 7) is 2.18. The van der Waals surface area contributed by atoms with Gasteiger partial charge in [0.2, 0.25) is 0 Å². The van der Waals surface area contributed by atoms with E-state index in [1.54, 1.807) is 36.5 Å². The van der Waals surface area contributed by atoms with Crippen LogP contribution >= 0.6 is 0 Å². The summed E-state index contributed by atoms with van der Waals surface area (Å²) in [5.74, 6) is -0.842. The Morgan fingerprint density at radius 2 is 1.58 bits per heavy atom. The van der Waals surface area contributed by atoms with Crippen LogP contribution in [0.25, 0.3) is 0 Å². The van der Waals surface area contributed by atoms with Gasteiger partial charge in [-0.3, -0.25) is 4.79 Å². The van der Waals surface area contributed by atoms with Crippen molar-refractivity contribution >= 4 is 5.97 Å². The minimum absolute atomic E-state index is 0.0778. The molecule has 0 aliphatic heterocycles. The van der Waals surface area contributed by atoms with Crippen LogP contribution in [0.4, 0.5) is 0 Å². The summed E-state index contributed by atoms with van der Waals surface area (Å²) in [6.07, 6.45) is 19.8. The van der Waals surface area contributed by atoms with E-state index in [-0.39, 0.29) is 6.42 Å². The van der Waals surface area contributed by atoms with E-state index in [0.717, 1.165) is 6.42 Å². The molecule has 0 radical (unpaired) electrons. The fourth-order valence-electron chi connectivity index (χ4n) is 2.02. The van der Waals surface area contributed by atoms with E-state index in [1.165, 1.54) is 19.3 Å². The van der Waals surface area contributed by atoms with Crippen molar-refractivity contribution in [2.75, 3.05) is 0 Å². The molecule has 0 aliphatic rings. The highest BCUT2D eigenvalue weighted by molar-refractivity contribution is 5.66. The van der Waals surface area contributed by atoms with E-state index in [4.69, 9.17) is 5.11 Å². The predicted octanol–water partition coefficient (Wildman–Crippen LogP) is 4.16. The second-order valence-corrected chi connectivity index (χ2v) is 5.78. The average molecular weight is 336 g/mol. The van der Waals surface area contributed by atoms with Crippen molar-refractivity contribution < 1.29 is 20.1 Å². The number of hydrogen-bond acceptors (Lipinski definition) is 3. The third-order valence-corrected chi connectivity index (χ3v) is 3.41. The Kier molecular flexibility index (Phi) is 15.1. The van der Waals surface area contributed by atoms with Crippen LogP contribution in [-0.4, -0.2) is 33.5 Å². The molecule has 0 heterocycles. The van der Waals surface area contributed by atoms with E-state index in [9.17, 15) is 15.0 Å². The smallest absolute Gasteiger partial charge is 0.303 e. The van der Waals surface area contributed by atoms with Crippen LogP contribution in [-0.2, 0) is 4.79 Å². The van der Waals surface area contributed by atoms with Crippen molar-refractivity contribution in [2.24, 2.45) is 0 Å². The molecule has 3 N–H and O–H groups in total. The van der Waals surface area contributed by atoms with E-state index in [0.29, 0.717) is 19.3 Å². The zero-order valence-corrected chi connectivity index (χ0v) is 14.7. The maximum Gasteiger partial charge on any atom is 0.303 e. The minimum atomic E-state index is -0.842. The maximum absolute atomic E-state index is 10.3. The number of carboxylic acids is 1. The van der Waals surface area contributed by atoms with Crippen LogP contribution < -0.4 is 0 Å². The molecule has 0 aliphatic carbocycles. The highest BCUT2D eigenvalue weighted by Gasteiger charge is 2.01. The largest absolute Gasteiger partial charge is 0.481 e. The summed E-state index contributed by atoms with van der Waals surface area (Å²) in [6, 6.07) is 0. The zero-order valence-electron chi connectivity index (χ0n) is 14.7. The summed E-state index contributed by atoms with van der Waals surface area (Å²) in [7, 11) is 0. The molecule has 0 aromatic rings. The lowest BCUT2D eigenvalue weighted by molar-refractivity contribution is -0.137. The lowest BCUT2D eigenvalue weighted by Crippen LogP contribution is -2.03. The molecule has 0 unspecified atom stereocenters. The SMILES string of the molecule is CCCCC/C=C/C[C@@H](O)C=C/C=C/C=C/[C@@H](O)CCCC(=O)O. The quantitative estimate of drug-likeness (QED) is 0.253. The number of allylic oxidation sites excluding steroid dienone is 5. The number of carboxylic acid groups (broad SMARTS) is 1. The summed E-state index contributed by atoms with van der Waals surface area (Å²) in [5, 5.41) is 27.9. The van der Waals surface area contributed by atoms with Gasteiger partial charge in [-0.2, -0.15) is 0 Å². The molecule has 0 aromatic carbocycles. The lowest BCUT2D eigenvalue weighted by atomic mass is 10.1. The molecule has 0 amide bonds. The fourth-order valence-corrected chi connectivity index (χ4v) is 2.02. The highest BCUT2D eigenvalue weighted by Crippen LogP contribution is 2.03. The normalized spacial score (nSPS) is 15.1. The van der Waals surface area contributed by atoms with Gasteiger partial charge in [0.05, 0.1) is 12.2 Å². The molecule has 24 heavy (non-hydrogen) atoms. The van der Waals surface area contributed by atoms with Gasteiger partial charge in [-0.1, -0.05) is 68.4 Å². The molecule has 0 spiro atoms. The Labute approximate surface area is 145 Å². The molecular formula is C20H32O4. The van der Waals surface area contributed by atoms with Gasteiger partial charge >= 0.3 is 5.97 Å². The van der Waals surface area contributed by atoms with Crippen LogP contribution in [0, 0.1) is 0 Å². The van der Waals surface area contributed by atoms with Crippen molar-refractivity contribution in [3.8, 4) is 0 Å². The van der Waals surface area contributed by atoms with Gasteiger partial charge in [-0.15, -0.1) is 0 Å². The number of aliphatic hydroxyl groups is 2. The molecule has 0 saturated heterocycles. The maximum atomic E-state index is 10.3. The monoisotopic (exact) mass is 336 g/mol. The number of unbranched alkanes of at least 4 members (excludes halogenated alkanes) is 3. The van der Waals surface area contributed by atoms with Gasteiger partial charge in [0, 0.05) is 6.42 Å². The third-order valence-electron chi connectivity index (χ3n) is 3.41. The van der Waals surface area contributed by atoms with E-state index >= 15 is 0 Å². The van der Waals surface area contributed by atoms with E-state index in [1.807, 2.05) is 6.08 Å². The Morgan fingerprint density at radius 3 is 2.21 bits per heavy atom. The van der Waals surface area contributed by atoms with Gasteiger partial charge in [0.15, 0.2) is 0 Å². The van der Waals surface area contributed by atoms with Gasteiger partial charge in [0.1, 0.15) is 0 Å². The van der Waals surface area contributed by atoms with Crippen molar-refractivity contribution in [3.63, 3.8) is 0 Å². The third kappa shape index (κ3) is 16.7. The summed E-state index contributed by atoms with van der Waals surface area (Å²) in [4.78, 5) is 10.3. The average Bonchev–Trinajstić information content (AvgIpc) is 2.53. The van der Waals surface area contributed by atoms with Gasteiger partial charge in [-0.05, 0) is 32.1 Å². The molecule has 136 valence electrons. The topological polar surface area (TPSA) is 77.8 Å². The molecule has 0 bridgehead atoms. The Bertz CT molecular complexity index is 421. The molecule has 0 fully saturated rings. The first-order valence-corrected chi connectivity index (χ1v) is 8.80. The first-order chi connectivity index (χ1) is 11.6. The second kappa shape index (κ2) is 16.2. The molecule has 0 aromatic heterocycles. The molecule has 0 saturated carbocycles. The highest BCUT2D eigenvalue weighted by atomic mass is 16.4. The lowest BCUT2D eigenvalue weighted by Gasteiger charge is -2.02. The first-order valence-electron chi connectivity index (χ1n) is 8.80. The molecule has 4 heteroatoms. The number of hydrogen-bond donors (Lipinski definition) is 3. The first kappa shape index (κ1) is 22.4. The minimum Gasteiger partial charge on any atom is -0.481 e. The molecule has 4 nitrogen and oxygen atoms in total. The Hall–Kier alpha value is -1.65. The summed E-state index contributed by atoms with van der Waals surface area (Å²) < 4.78 is 0. The Balaban J connectivity index is 3.81. The van der Waals surface area contributed by atoms with E-state index in [2.05, 4.69) is 13.0 Å². The Morgan fingerprint density at radius 1 is 0.917 bits per heavy atom. The number of aliphatic carboxylic acids is 1. The van der Waals surface area contributed by atoms with Gasteiger partial charge < -0.3 is 15.3 Å². The molecular weight excluding hydrogens is 304 g/mol. The van der Waals surface area contributed by atoms with Crippen molar-refractivity contribution in [2.45, 2.75) is 70.5 Å².